The van der Waals surface area contributed by atoms with Crippen molar-refractivity contribution < 1.29 is 9.47 Å². The van der Waals surface area contributed by atoms with E-state index < -0.39 is 0 Å². The van der Waals surface area contributed by atoms with Crippen LogP contribution in [0.1, 0.15) is 56.7 Å². The summed E-state index contributed by atoms with van der Waals surface area (Å²) in [6.07, 6.45) is 1.20. The zero-order valence-corrected chi connectivity index (χ0v) is 16.5. The molecule has 0 fully saturated rings. The molecule has 1 N–H and O–H groups in total. The number of benzene rings is 1. The van der Waals surface area contributed by atoms with E-state index in [-0.39, 0.29) is 0 Å². The average molecular weight is 349 g/mol. The lowest BCUT2D eigenvalue weighted by atomic mass is 9.95. The van der Waals surface area contributed by atoms with Crippen LogP contribution in [0.2, 0.25) is 0 Å². The minimum Gasteiger partial charge on any atom is -0.378 e. The first-order valence-corrected chi connectivity index (χ1v) is 9.83. The Labute approximate surface area is 153 Å². The highest BCUT2D eigenvalue weighted by Crippen LogP contribution is 2.27. The van der Waals surface area contributed by atoms with Crippen molar-refractivity contribution in [2.24, 2.45) is 0 Å². The largest absolute Gasteiger partial charge is 0.378 e. The van der Waals surface area contributed by atoms with E-state index in [2.05, 4.69) is 56.1 Å². The van der Waals surface area contributed by atoms with Gasteiger partial charge in [-0.15, -0.1) is 0 Å². The van der Waals surface area contributed by atoms with Crippen LogP contribution >= 0.6 is 0 Å². The summed E-state index contributed by atoms with van der Waals surface area (Å²) in [5.41, 5.74) is 4.45. The molecule has 1 aliphatic heterocycles. The second-order valence-corrected chi connectivity index (χ2v) is 7.38. The van der Waals surface area contributed by atoms with Crippen molar-refractivity contribution in [1.82, 2.24) is 10.2 Å². The average Bonchev–Trinajstić information content (AvgIpc) is 3.01. The summed E-state index contributed by atoms with van der Waals surface area (Å²) in [7, 11) is 0. The zero-order valence-electron chi connectivity index (χ0n) is 16.5. The molecule has 0 radical (unpaired) electrons. The lowest BCUT2D eigenvalue weighted by molar-refractivity contribution is 0.0388. The van der Waals surface area contributed by atoms with E-state index in [0.717, 1.165) is 39.4 Å². The molecule has 1 unspecified atom stereocenters. The molecule has 2 rings (SSSR count). The standard InChI is InChI=1S/C21H36N2O2/c1-5-18(4)19-6-7-20-15-23(16-21(20)14-19)9-11-25-13-12-24-10-8-22-17(2)3/h6-7,14,17-18,22H,5,8-13,15-16H2,1-4H3. The number of ether oxygens (including phenoxy) is 2. The molecule has 0 aliphatic carbocycles. The third-order valence-electron chi connectivity index (χ3n) is 4.92. The summed E-state index contributed by atoms with van der Waals surface area (Å²) in [6, 6.07) is 7.55. The first kappa shape index (κ1) is 20.4. The van der Waals surface area contributed by atoms with Crippen LogP contribution in [0.4, 0.5) is 0 Å². The highest BCUT2D eigenvalue weighted by atomic mass is 16.5. The molecule has 1 aromatic carbocycles. The normalized spacial score (nSPS) is 15.7. The molecule has 25 heavy (non-hydrogen) atoms. The van der Waals surface area contributed by atoms with Crippen molar-refractivity contribution in [3.8, 4) is 0 Å². The van der Waals surface area contributed by atoms with Gasteiger partial charge in [0.1, 0.15) is 0 Å². The van der Waals surface area contributed by atoms with E-state index in [1.807, 2.05) is 0 Å². The maximum atomic E-state index is 5.71. The molecular formula is C21H36N2O2. The SMILES string of the molecule is CCC(C)c1ccc2c(c1)CN(CCOCCOCCNC(C)C)C2. The lowest BCUT2D eigenvalue weighted by Gasteiger charge is -2.14. The number of hydrogen-bond donors (Lipinski definition) is 1. The summed E-state index contributed by atoms with van der Waals surface area (Å²) >= 11 is 0. The number of nitrogens with zero attached hydrogens (tertiary/aromatic N) is 1. The molecule has 0 spiro atoms. The summed E-state index contributed by atoms with van der Waals surface area (Å²) in [4.78, 5) is 2.47. The Hall–Kier alpha value is -0.940. The zero-order chi connectivity index (χ0) is 18.1. The van der Waals surface area contributed by atoms with Crippen molar-refractivity contribution in [3.63, 3.8) is 0 Å². The third kappa shape index (κ3) is 7.06. The van der Waals surface area contributed by atoms with Gasteiger partial charge >= 0.3 is 0 Å². The molecule has 0 bridgehead atoms. The van der Waals surface area contributed by atoms with Crippen LogP contribution in [0.3, 0.4) is 0 Å². The lowest BCUT2D eigenvalue weighted by Crippen LogP contribution is -2.27. The Balaban J connectivity index is 1.56. The van der Waals surface area contributed by atoms with E-state index in [4.69, 9.17) is 9.47 Å². The Kier molecular flexibility index (Phi) is 8.90. The Bertz CT molecular complexity index is 505. The molecule has 0 aromatic heterocycles. The van der Waals surface area contributed by atoms with Gasteiger partial charge in [-0.3, -0.25) is 4.90 Å². The molecule has 4 nitrogen and oxygen atoms in total. The Morgan fingerprint density at radius 1 is 1.00 bits per heavy atom. The van der Waals surface area contributed by atoms with Crippen LogP contribution in [0.15, 0.2) is 18.2 Å². The topological polar surface area (TPSA) is 33.7 Å². The number of nitrogens with one attached hydrogen (secondary N) is 1. The van der Waals surface area contributed by atoms with Crippen molar-refractivity contribution in [2.45, 2.75) is 59.2 Å². The molecule has 0 amide bonds. The van der Waals surface area contributed by atoms with E-state index in [9.17, 15) is 0 Å². The molecule has 1 heterocycles. The van der Waals surface area contributed by atoms with Crippen LogP contribution < -0.4 is 5.32 Å². The van der Waals surface area contributed by atoms with Crippen molar-refractivity contribution >= 4 is 0 Å². The van der Waals surface area contributed by atoms with Gasteiger partial charge in [-0.05, 0) is 29.0 Å². The van der Waals surface area contributed by atoms with Gasteiger partial charge in [-0.25, -0.2) is 0 Å². The maximum Gasteiger partial charge on any atom is 0.0701 e. The second kappa shape index (κ2) is 10.9. The van der Waals surface area contributed by atoms with Gasteiger partial charge in [-0.1, -0.05) is 45.9 Å². The van der Waals surface area contributed by atoms with Gasteiger partial charge in [0, 0.05) is 32.2 Å². The van der Waals surface area contributed by atoms with Crippen LogP contribution in [0.25, 0.3) is 0 Å². The summed E-state index contributed by atoms with van der Waals surface area (Å²) in [5, 5.41) is 3.34. The maximum absolute atomic E-state index is 5.71. The van der Waals surface area contributed by atoms with Crippen molar-refractivity contribution in [2.75, 3.05) is 39.5 Å². The fourth-order valence-electron chi connectivity index (χ4n) is 3.12. The van der Waals surface area contributed by atoms with E-state index in [0.29, 0.717) is 25.2 Å². The number of fused-ring (bicyclic) bond motifs is 1. The van der Waals surface area contributed by atoms with E-state index >= 15 is 0 Å². The van der Waals surface area contributed by atoms with Crippen molar-refractivity contribution in [1.29, 1.82) is 0 Å². The van der Waals surface area contributed by atoms with Crippen LogP contribution in [-0.4, -0.2) is 50.5 Å². The van der Waals surface area contributed by atoms with Crippen LogP contribution in [-0.2, 0) is 22.6 Å². The molecular weight excluding hydrogens is 312 g/mol. The highest BCUT2D eigenvalue weighted by Gasteiger charge is 2.19. The predicted molar refractivity (Wildman–Crippen MR) is 104 cm³/mol. The van der Waals surface area contributed by atoms with Gasteiger partial charge in [0.25, 0.3) is 0 Å². The number of hydrogen-bond acceptors (Lipinski definition) is 4. The summed E-state index contributed by atoms with van der Waals surface area (Å²) < 4.78 is 11.3. The van der Waals surface area contributed by atoms with Gasteiger partial charge in [0.15, 0.2) is 0 Å². The van der Waals surface area contributed by atoms with Gasteiger partial charge in [0.05, 0.1) is 26.4 Å². The van der Waals surface area contributed by atoms with Crippen molar-refractivity contribution in [3.05, 3.63) is 34.9 Å². The Morgan fingerprint density at radius 3 is 2.44 bits per heavy atom. The van der Waals surface area contributed by atoms with Crippen LogP contribution in [0, 0.1) is 0 Å². The summed E-state index contributed by atoms with van der Waals surface area (Å²) in [6.45, 7) is 15.7. The predicted octanol–water partition coefficient (Wildman–Crippen LogP) is 3.55. The fourth-order valence-corrected chi connectivity index (χ4v) is 3.12. The second-order valence-electron chi connectivity index (χ2n) is 7.38. The molecule has 1 aromatic rings. The van der Waals surface area contributed by atoms with E-state index in [1.165, 1.54) is 23.1 Å². The third-order valence-corrected chi connectivity index (χ3v) is 4.92. The minimum absolute atomic E-state index is 0.519. The smallest absolute Gasteiger partial charge is 0.0701 e. The fraction of sp³-hybridized carbons (Fsp3) is 0.714. The first-order valence-electron chi connectivity index (χ1n) is 9.83. The quantitative estimate of drug-likeness (QED) is 0.586. The Morgan fingerprint density at radius 2 is 1.72 bits per heavy atom. The first-order chi connectivity index (χ1) is 12.1. The summed E-state index contributed by atoms with van der Waals surface area (Å²) in [5.74, 6) is 0.651. The molecule has 142 valence electrons. The minimum atomic E-state index is 0.519. The van der Waals surface area contributed by atoms with Crippen LogP contribution in [0.5, 0.6) is 0 Å². The molecule has 0 saturated carbocycles. The van der Waals surface area contributed by atoms with E-state index in [1.54, 1.807) is 0 Å². The highest BCUT2D eigenvalue weighted by molar-refractivity contribution is 5.36. The molecule has 1 aliphatic rings. The van der Waals surface area contributed by atoms with Gasteiger partial charge in [-0.2, -0.15) is 0 Å². The van der Waals surface area contributed by atoms with Gasteiger partial charge in [0.2, 0.25) is 0 Å². The molecule has 4 heteroatoms. The monoisotopic (exact) mass is 348 g/mol. The molecule has 1 atom stereocenters. The molecule has 0 saturated heterocycles. The van der Waals surface area contributed by atoms with Gasteiger partial charge < -0.3 is 14.8 Å². The number of rotatable bonds is 12.